The number of hydrogen-bond acceptors (Lipinski definition) is 0. The molecule has 0 aliphatic heterocycles. The largest absolute Gasteiger partial charge is 0.147 e. The second kappa shape index (κ2) is 13.4. The second-order valence-electron chi connectivity index (χ2n) is 13.7. The zero-order valence-electron chi connectivity index (χ0n) is 27.1. The summed E-state index contributed by atoms with van der Waals surface area (Å²) in [6, 6.07) is 23.3. The van der Waals surface area contributed by atoms with Crippen molar-refractivity contribution in [1.82, 2.24) is 0 Å². The third-order valence-corrected chi connectivity index (χ3v) is 27.6. The molecule has 0 aromatic heterocycles. The molecule has 0 amide bonds. The first kappa shape index (κ1) is 38.4. The Labute approximate surface area is 293 Å². The fourth-order valence-corrected chi connectivity index (χ4v) is 28.3. The molecule has 48 heavy (non-hydrogen) atoms. The smallest absolute Gasteiger partial charge is 0.147 e. The Hall–Kier alpha value is -2.38. The molecule has 4 aromatic rings. The maximum absolute atomic E-state index is 13.3. The van der Waals surface area contributed by atoms with Crippen molar-refractivity contribution in [3.63, 3.8) is 0 Å². The summed E-state index contributed by atoms with van der Waals surface area (Å²) in [7, 11) is 0. The Morgan fingerprint density at radius 2 is 0.896 bits per heavy atom. The van der Waals surface area contributed by atoms with Crippen LogP contribution in [0.1, 0.15) is 67.3 Å². The van der Waals surface area contributed by atoms with Crippen molar-refractivity contribution in [2.24, 2.45) is 0 Å². The van der Waals surface area contributed by atoms with E-state index in [4.69, 9.17) is 0 Å². The summed E-state index contributed by atoms with van der Waals surface area (Å²) in [5.41, 5.74) is 9.51. The maximum atomic E-state index is 13.3. The van der Waals surface area contributed by atoms with Crippen LogP contribution in [0.3, 0.4) is 0 Å². The summed E-state index contributed by atoms with van der Waals surface area (Å²) in [5.74, 6) is 0. The number of benzene rings is 4. The van der Waals surface area contributed by atoms with Gasteiger partial charge in [-0.2, -0.15) is 0 Å². The van der Waals surface area contributed by atoms with E-state index >= 15 is 0 Å². The topological polar surface area (TPSA) is 0 Å². The van der Waals surface area contributed by atoms with Crippen LogP contribution < -0.4 is 0 Å². The molecule has 0 heterocycles. The molecule has 4 aromatic carbocycles. The van der Waals surface area contributed by atoms with Gasteiger partial charge < -0.3 is 0 Å². The Balaban J connectivity index is 0.00000260. The molecule has 0 saturated heterocycles. The van der Waals surface area contributed by atoms with Gasteiger partial charge in [0, 0.05) is 0 Å². The third-order valence-electron chi connectivity index (χ3n) is 10.1. The Morgan fingerprint density at radius 1 is 0.562 bits per heavy atom. The summed E-state index contributed by atoms with van der Waals surface area (Å²) in [4.78, 5) is 0. The average Bonchev–Trinajstić information content (AvgIpc) is 3.60. The van der Waals surface area contributed by atoms with Gasteiger partial charge in [0.15, 0.2) is 0 Å². The number of halogens is 8. The van der Waals surface area contributed by atoms with Crippen LogP contribution in [0.2, 0.25) is 9.26 Å². The van der Waals surface area contributed by atoms with E-state index in [1.165, 1.54) is 22.3 Å². The van der Waals surface area contributed by atoms with Crippen molar-refractivity contribution in [3.05, 3.63) is 129 Å². The SMILES string of the molecule is CCC1=Cc2c(-c3ccc(C(F)(F)F)cc3)cccc2[CH]1[Zr]([CH3])([CH3])(=[SiH2])[CH]1C(CC)=Cc2c(-c3ccc(C(F)(F)F)cc3)cccc21.Cl.Cl. The van der Waals surface area contributed by atoms with E-state index in [1.807, 2.05) is 24.3 Å². The normalized spacial score (nSPS) is 17.5. The molecule has 0 fully saturated rings. The molecule has 2 atom stereocenters. The molecule has 2 unspecified atom stereocenters. The van der Waals surface area contributed by atoms with Gasteiger partial charge in [0.25, 0.3) is 0 Å². The number of fused-ring (bicyclic) bond motifs is 2. The van der Waals surface area contributed by atoms with Crippen LogP contribution in [-0.2, 0) is 29.8 Å². The number of rotatable bonds is 6. The van der Waals surface area contributed by atoms with Crippen LogP contribution >= 0.6 is 24.8 Å². The van der Waals surface area contributed by atoms with Crippen LogP contribution in [0.25, 0.3) is 34.4 Å². The molecular formula is C38H38Cl2F6SiZr. The van der Waals surface area contributed by atoms with Gasteiger partial charge in [0.2, 0.25) is 0 Å². The van der Waals surface area contributed by atoms with E-state index < -0.39 is 40.9 Å². The Morgan fingerprint density at radius 3 is 1.19 bits per heavy atom. The summed E-state index contributed by atoms with van der Waals surface area (Å²) >= 11 is -3.94. The van der Waals surface area contributed by atoms with Gasteiger partial charge in [-0.25, -0.2) is 0 Å². The molecule has 10 heteroatoms. The van der Waals surface area contributed by atoms with Gasteiger partial charge in [-0.15, -0.1) is 24.8 Å². The molecule has 0 saturated carbocycles. The van der Waals surface area contributed by atoms with Crippen LogP contribution in [0.5, 0.6) is 0 Å². The van der Waals surface area contributed by atoms with Crippen LogP contribution in [0.4, 0.5) is 26.3 Å². The standard InChI is InChI=1S/2C18H14F3.2CH3.2ClH.H2Si.Zr/c2*1-2-12-10-14-4-3-5-16(17(14)11-12)13-6-8-15(9-7-13)18(19,20)21;;;;;;/h2*3-11H,2H2,1H3;2*1H3;2*1H;1H2;. The molecule has 0 radical (unpaired) electrons. The first-order chi connectivity index (χ1) is 21.5. The van der Waals surface area contributed by atoms with E-state index in [1.54, 1.807) is 24.3 Å². The molecule has 0 nitrogen and oxygen atoms in total. The predicted octanol–water partition coefficient (Wildman–Crippen LogP) is 12.6. The molecule has 0 N–H and O–H groups in total. The number of allylic oxidation sites excluding steroid dienone is 2. The van der Waals surface area contributed by atoms with Gasteiger partial charge in [-0.05, 0) is 0 Å². The molecule has 2 aliphatic rings. The number of hydrogen-bond donors (Lipinski definition) is 0. The monoisotopic (exact) mass is 796 g/mol. The summed E-state index contributed by atoms with van der Waals surface area (Å²) in [6.45, 7) is 6.58. The minimum Gasteiger partial charge on any atom is -0.147 e. The molecule has 0 bridgehead atoms. The Kier molecular flexibility index (Phi) is 10.7. The van der Waals surface area contributed by atoms with E-state index in [0.29, 0.717) is 0 Å². The molecular weight excluding hydrogens is 761 g/mol. The predicted molar refractivity (Wildman–Crippen MR) is 191 cm³/mol. The van der Waals surface area contributed by atoms with Gasteiger partial charge in [-0.3, -0.25) is 0 Å². The van der Waals surface area contributed by atoms with Gasteiger partial charge in [0.1, 0.15) is 0 Å². The second-order valence-corrected chi connectivity index (χ2v) is 44.2. The Bertz CT molecular complexity index is 1830. The van der Waals surface area contributed by atoms with Crippen molar-refractivity contribution >= 4 is 43.8 Å². The van der Waals surface area contributed by atoms with Gasteiger partial charge in [0.05, 0.1) is 0 Å². The van der Waals surface area contributed by atoms with Crippen molar-refractivity contribution in [2.75, 3.05) is 0 Å². The van der Waals surface area contributed by atoms with E-state index in [9.17, 15) is 26.3 Å². The van der Waals surface area contributed by atoms with Crippen molar-refractivity contribution in [1.29, 1.82) is 0 Å². The average molecular weight is 799 g/mol. The van der Waals surface area contributed by atoms with Crippen LogP contribution in [0.15, 0.2) is 96.1 Å². The van der Waals surface area contributed by atoms with Crippen LogP contribution in [-0.4, -0.2) is 6.88 Å². The van der Waals surface area contributed by atoms with Gasteiger partial charge in [-0.1, -0.05) is 0 Å². The van der Waals surface area contributed by atoms with E-state index in [2.05, 4.69) is 54.3 Å². The summed E-state index contributed by atoms with van der Waals surface area (Å²) in [6.07, 6.45) is -2.48. The zero-order chi connectivity index (χ0) is 33.3. The van der Waals surface area contributed by atoms with Crippen molar-refractivity contribution in [2.45, 2.75) is 55.6 Å². The fraction of sp³-hybridized carbons (Fsp3) is 0.263. The molecule has 0 spiro atoms. The quantitative estimate of drug-likeness (QED) is 0.135. The van der Waals surface area contributed by atoms with Crippen molar-refractivity contribution in [3.8, 4) is 22.3 Å². The minimum absolute atomic E-state index is 0. The van der Waals surface area contributed by atoms with Gasteiger partial charge >= 0.3 is 270 Å². The minimum atomic E-state index is -4.39. The fourth-order valence-electron chi connectivity index (χ4n) is 8.13. The molecule has 254 valence electrons. The summed E-state index contributed by atoms with van der Waals surface area (Å²) in [5, 5.41) is 0. The summed E-state index contributed by atoms with van der Waals surface area (Å²) < 4.78 is 85.4. The first-order valence-corrected chi connectivity index (χ1v) is 29.3. The first-order valence-electron chi connectivity index (χ1n) is 15.6. The van der Waals surface area contributed by atoms with E-state index in [0.717, 1.165) is 70.5 Å². The molecule has 2 aliphatic carbocycles. The molecule has 6 rings (SSSR count). The van der Waals surface area contributed by atoms with Crippen molar-refractivity contribution < 1.29 is 43.7 Å². The maximum Gasteiger partial charge on any atom is -0.147 e. The zero-order valence-corrected chi connectivity index (χ0v) is 32.6. The third kappa shape index (κ3) is 6.59. The van der Waals surface area contributed by atoms with E-state index in [-0.39, 0.29) is 32.1 Å². The van der Waals surface area contributed by atoms with Crippen LogP contribution in [0, 0.1) is 0 Å². The number of alkyl halides is 6.